The molecular formula is C31H39N3O5S. The van der Waals surface area contributed by atoms with Crippen molar-refractivity contribution in [3.8, 4) is 11.5 Å². The van der Waals surface area contributed by atoms with Gasteiger partial charge in [-0.3, -0.25) is 13.9 Å². The number of anilines is 1. The topological polar surface area (TPSA) is 96.0 Å². The van der Waals surface area contributed by atoms with E-state index < -0.39 is 34.1 Å². The Balaban J connectivity index is 1.86. The third kappa shape index (κ3) is 9.12. The van der Waals surface area contributed by atoms with Crippen LogP contribution in [0.5, 0.6) is 11.5 Å². The van der Waals surface area contributed by atoms with Gasteiger partial charge in [-0.2, -0.15) is 0 Å². The molecule has 1 N–H and O–H groups in total. The Bertz CT molecular complexity index is 1360. The van der Waals surface area contributed by atoms with Crippen LogP contribution in [-0.4, -0.2) is 56.1 Å². The lowest BCUT2D eigenvalue weighted by molar-refractivity contribution is -0.140. The van der Waals surface area contributed by atoms with Crippen molar-refractivity contribution in [2.75, 3.05) is 23.7 Å². The van der Waals surface area contributed by atoms with Gasteiger partial charge in [0.05, 0.1) is 11.9 Å². The Hall–Kier alpha value is -3.85. The summed E-state index contributed by atoms with van der Waals surface area (Å²) in [5.74, 6) is 0.453. The highest BCUT2D eigenvalue weighted by molar-refractivity contribution is 7.92. The molecule has 0 spiro atoms. The number of hydrogen-bond acceptors (Lipinski definition) is 5. The number of amides is 2. The van der Waals surface area contributed by atoms with Gasteiger partial charge < -0.3 is 15.0 Å². The predicted molar refractivity (Wildman–Crippen MR) is 159 cm³/mol. The molecule has 0 heterocycles. The maximum absolute atomic E-state index is 13.8. The van der Waals surface area contributed by atoms with Gasteiger partial charge in [-0.1, -0.05) is 55.5 Å². The van der Waals surface area contributed by atoms with Crippen molar-refractivity contribution < 1.29 is 22.7 Å². The van der Waals surface area contributed by atoms with E-state index in [-0.39, 0.29) is 12.5 Å². The molecule has 0 aromatic heterocycles. The van der Waals surface area contributed by atoms with Crippen LogP contribution < -0.4 is 14.4 Å². The first-order chi connectivity index (χ1) is 18.9. The van der Waals surface area contributed by atoms with Gasteiger partial charge in [-0.25, -0.2) is 8.42 Å². The summed E-state index contributed by atoms with van der Waals surface area (Å²) in [5, 5.41) is 2.97. The number of ether oxygens (including phenoxy) is 1. The van der Waals surface area contributed by atoms with E-state index in [1.54, 1.807) is 24.3 Å². The molecule has 1 unspecified atom stereocenters. The molecule has 3 rings (SSSR count). The molecule has 3 aromatic rings. The van der Waals surface area contributed by atoms with E-state index in [1.165, 1.54) is 4.90 Å². The average Bonchev–Trinajstić information content (AvgIpc) is 2.89. The molecule has 0 saturated heterocycles. The third-order valence-corrected chi connectivity index (χ3v) is 7.29. The zero-order valence-corrected chi connectivity index (χ0v) is 24.6. The summed E-state index contributed by atoms with van der Waals surface area (Å²) in [7, 11) is -3.82. The monoisotopic (exact) mass is 565 g/mol. The predicted octanol–water partition coefficient (Wildman–Crippen LogP) is 5.01. The first kappa shape index (κ1) is 30.7. The standard InChI is InChI=1S/C31H39N3O5S/c1-6-28(30(36)32-31(2,3)4)33(22-21-24-13-9-7-10-14-24)29(35)23-34(40(5,37)38)25-17-19-27(20-18-25)39-26-15-11-8-12-16-26/h7-20,28H,6,21-23H2,1-5H3,(H,32,36). The van der Waals surface area contributed by atoms with Crippen LogP contribution in [0.25, 0.3) is 0 Å². The molecule has 9 heteroatoms. The van der Waals surface area contributed by atoms with Crippen molar-refractivity contribution in [3.05, 3.63) is 90.5 Å². The van der Waals surface area contributed by atoms with Crippen LogP contribution in [0.15, 0.2) is 84.9 Å². The fourth-order valence-electron chi connectivity index (χ4n) is 4.27. The van der Waals surface area contributed by atoms with Crippen LogP contribution in [0, 0.1) is 0 Å². The first-order valence-corrected chi connectivity index (χ1v) is 15.2. The van der Waals surface area contributed by atoms with Crippen LogP contribution in [-0.2, 0) is 26.0 Å². The van der Waals surface area contributed by atoms with Gasteiger partial charge in [0.15, 0.2) is 0 Å². The number of benzene rings is 3. The Morgan fingerprint density at radius 1 is 0.875 bits per heavy atom. The minimum Gasteiger partial charge on any atom is -0.457 e. The number of nitrogens with zero attached hydrogens (tertiary/aromatic N) is 2. The molecule has 214 valence electrons. The summed E-state index contributed by atoms with van der Waals surface area (Å²) in [6, 6.07) is 24.7. The van der Waals surface area contributed by atoms with Crippen LogP contribution >= 0.6 is 0 Å². The summed E-state index contributed by atoms with van der Waals surface area (Å²) in [6.45, 7) is 7.31. The number of carbonyl (C=O) groups is 2. The van der Waals surface area contributed by atoms with E-state index in [9.17, 15) is 18.0 Å². The summed E-state index contributed by atoms with van der Waals surface area (Å²) < 4.78 is 32.6. The second-order valence-electron chi connectivity index (χ2n) is 10.7. The maximum Gasteiger partial charge on any atom is 0.244 e. The fourth-order valence-corrected chi connectivity index (χ4v) is 5.12. The number of hydrogen-bond donors (Lipinski definition) is 1. The van der Waals surface area contributed by atoms with Crippen molar-refractivity contribution in [2.45, 2.75) is 52.1 Å². The molecule has 0 fully saturated rings. The van der Waals surface area contributed by atoms with Crippen molar-refractivity contribution in [3.63, 3.8) is 0 Å². The van der Waals surface area contributed by atoms with Gasteiger partial charge in [-0.05, 0) is 75.6 Å². The zero-order valence-electron chi connectivity index (χ0n) is 23.8. The molecule has 0 saturated carbocycles. The molecule has 0 radical (unpaired) electrons. The first-order valence-electron chi connectivity index (χ1n) is 13.3. The number of nitrogens with one attached hydrogen (secondary N) is 1. The Morgan fingerprint density at radius 2 is 1.43 bits per heavy atom. The smallest absolute Gasteiger partial charge is 0.244 e. The van der Waals surface area contributed by atoms with E-state index in [0.717, 1.165) is 16.1 Å². The van der Waals surface area contributed by atoms with Gasteiger partial charge in [0.1, 0.15) is 24.1 Å². The van der Waals surface area contributed by atoms with Crippen LogP contribution in [0.4, 0.5) is 5.69 Å². The zero-order chi connectivity index (χ0) is 29.3. The van der Waals surface area contributed by atoms with Crippen LogP contribution in [0.1, 0.15) is 39.7 Å². The lowest BCUT2D eigenvalue weighted by Crippen LogP contribution is -2.56. The lowest BCUT2D eigenvalue weighted by atomic mass is 10.1. The number of sulfonamides is 1. The summed E-state index contributed by atoms with van der Waals surface area (Å²) in [4.78, 5) is 28.5. The van der Waals surface area contributed by atoms with E-state index in [2.05, 4.69) is 5.32 Å². The summed E-state index contributed by atoms with van der Waals surface area (Å²) in [5.41, 5.74) is 0.855. The molecule has 3 aromatic carbocycles. The highest BCUT2D eigenvalue weighted by atomic mass is 32.2. The summed E-state index contributed by atoms with van der Waals surface area (Å²) >= 11 is 0. The van der Waals surface area contributed by atoms with Gasteiger partial charge in [0.25, 0.3) is 0 Å². The van der Waals surface area contributed by atoms with E-state index in [4.69, 9.17) is 4.74 Å². The third-order valence-electron chi connectivity index (χ3n) is 6.15. The van der Waals surface area contributed by atoms with Gasteiger partial charge >= 0.3 is 0 Å². The second-order valence-corrected chi connectivity index (χ2v) is 12.6. The molecule has 0 aliphatic rings. The molecule has 8 nitrogen and oxygen atoms in total. The highest BCUT2D eigenvalue weighted by Crippen LogP contribution is 2.26. The molecule has 0 aliphatic heterocycles. The fraction of sp³-hybridized carbons (Fsp3) is 0.355. The number of para-hydroxylation sites is 1. The summed E-state index contributed by atoms with van der Waals surface area (Å²) in [6.07, 6.45) is 1.97. The van der Waals surface area contributed by atoms with Crippen LogP contribution in [0.3, 0.4) is 0 Å². The minimum atomic E-state index is -3.82. The quantitative estimate of drug-likeness (QED) is 0.333. The number of rotatable bonds is 12. The van der Waals surface area contributed by atoms with Crippen molar-refractivity contribution >= 4 is 27.5 Å². The maximum atomic E-state index is 13.8. The van der Waals surface area contributed by atoms with Crippen molar-refractivity contribution in [1.82, 2.24) is 10.2 Å². The largest absolute Gasteiger partial charge is 0.457 e. The molecule has 0 aliphatic carbocycles. The molecule has 40 heavy (non-hydrogen) atoms. The van der Waals surface area contributed by atoms with Crippen LogP contribution in [0.2, 0.25) is 0 Å². The van der Waals surface area contributed by atoms with Gasteiger partial charge in [-0.15, -0.1) is 0 Å². The Morgan fingerprint density at radius 3 is 1.95 bits per heavy atom. The Kier molecular flexibility index (Phi) is 10.3. The van der Waals surface area contributed by atoms with E-state index in [0.29, 0.717) is 30.0 Å². The van der Waals surface area contributed by atoms with E-state index in [1.807, 2.05) is 88.4 Å². The molecule has 1 atom stereocenters. The SMILES string of the molecule is CCC(C(=O)NC(C)(C)C)N(CCc1ccccc1)C(=O)CN(c1ccc(Oc2ccccc2)cc1)S(C)(=O)=O. The highest BCUT2D eigenvalue weighted by Gasteiger charge is 2.32. The second kappa shape index (κ2) is 13.5. The molecule has 2 amide bonds. The van der Waals surface area contributed by atoms with Crippen molar-refractivity contribution in [2.24, 2.45) is 0 Å². The number of carbonyl (C=O) groups excluding carboxylic acids is 2. The molecular weight excluding hydrogens is 526 g/mol. The van der Waals surface area contributed by atoms with Crippen molar-refractivity contribution in [1.29, 1.82) is 0 Å². The average molecular weight is 566 g/mol. The van der Waals surface area contributed by atoms with Gasteiger partial charge in [0, 0.05) is 12.1 Å². The normalized spacial score (nSPS) is 12.3. The Labute approximate surface area is 238 Å². The lowest BCUT2D eigenvalue weighted by Gasteiger charge is -2.34. The van der Waals surface area contributed by atoms with Gasteiger partial charge in [0.2, 0.25) is 21.8 Å². The minimum absolute atomic E-state index is 0.264. The molecule has 0 bridgehead atoms. The van der Waals surface area contributed by atoms with E-state index >= 15 is 0 Å².